The van der Waals surface area contributed by atoms with Crippen LogP contribution in [0.4, 0.5) is 0 Å². The molecule has 1 aromatic rings. The fourth-order valence-corrected chi connectivity index (χ4v) is 4.12. The van der Waals surface area contributed by atoms with Crippen LogP contribution in [0.25, 0.3) is 0 Å². The summed E-state index contributed by atoms with van der Waals surface area (Å²) in [5, 5.41) is 0. The van der Waals surface area contributed by atoms with Crippen molar-refractivity contribution in [2.45, 2.75) is 96.3 Å². The SMILES string of the molecule is CCCCCCCCCCCCC(CCCS(=O)(=O)O)c1ccccc1. The van der Waals surface area contributed by atoms with Gasteiger partial charge < -0.3 is 0 Å². The summed E-state index contributed by atoms with van der Waals surface area (Å²) in [6, 6.07) is 10.4. The molecule has 0 amide bonds. The zero-order valence-corrected chi connectivity index (χ0v) is 17.4. The van der Waals surface area contributed by atoms with Crippen LogP contribution in [0.1, 0.15) is 102 Å². The Morgan fingerprint density at radius 1 is 0.769 bits per heavy atom. The molecule has 1 atom stereocenters. The third kappa shape index (κ3) is 12.5. The minimum absolute atomic E-state index is 0.131. The maximum atomic E-state index is 10.9. The van der Waals surface area contributed by atoms with Crippen molar-refractivity contribution in [1.82, 2.24) is 0 Å². The summed E-state index contributed by atoms with van der Waals surface area (Å²) in [5.41, 5.74) is 1.29. The quantitative estimate of drug-likeness (QED) is 0.254. The highest BCUT2D eigenvalue weighted by Gasteiger charge is 2.13. The van der Waals surface area contributed by atoms with Crippen LogP contribution in [0, 0.1) is 0 Å². The van der Waals surface area contributed by atoms with Gasteiger partial charge in [-0.1, -0.05) is 101 Å². The molecule has 3 nitrogen and oxygen atoms in total. The van der Waals surface area contributed by atoms with Crippen molar-refractivity contribution in [3.05, 3.63) is 35.9 Å². The van der Waals surface area contributed by atoms with E-state index in [0.29, 0.717) is 12.3 Å². The molecule has 150 valence electrons. The van der Waals surface area contributed by atoms with E-state index in [-0.39, 0.29) is 5.75 Å². The molecule has 0 fully saturated rings. The molecule has 0 aromatic heterocycles. The summed E-state index contributed by atoms with van der Waals surface area (Å²) in [7, 11) is -3.85. The topological polar surface area (TPSA) is 54.4 Å². The van der Waals surface area contributed by atoms with Crippen molar-refractivity contribution >= 4 is 10.1 Å². The third-order valence-electron chi connectivity index (χ3n) is 5.13. The van der Waals surface area contributed by atoms with Crippen LogP contribution >= 0.6 is 0 Å². The predicted octanol–water partition coefficient (Wildman–Crippen LogP) is 6.75. The van der Waals surface area contributed by atoms with Crippen LogP contribution < -0.4 is 0 Å². The average Bonchev–Trinajstić information content (AvgIpc) is 2.61. The van der Waals surface area contributed by atoms with Crippen molar-refractivity contribution < 1.29 is 13.0 Å². The Bertz CT molecular complexity index is 540. The van der Waals surface area contributed by atoms with E-state index >= 15 is 0 Å². The normalized spacial score (nSPS) is 13.0. The molecule has 0 aliphatic rings. The van der Waals surface area contributed by atoms with Gasteiger partial charge in [0.15, 0.2) is 0 Å². The van der Waals surface area contributed by atoms with Gasteiger partial charge in [0.25, 0.3) is 10.1 Å². The van der Waals surface area contributed by atoms with Crippen molar-refractivity contribution in [3.8, 4) is 0 Å². The van der Waals surface area contributed by atoms with E-state index in [9.17, 15) is 8.42 Å². The first kappa shape index (κ1) is 23.2. The average molecular weight is 383 g/mol. The van der Waals surface area contributed by atoms with Crippen molar-refractivity contribution in [2.75, 3.05) is 5.75 Å². The van der Waals surface area contributed by atoms with E-state index in [4.69, 9.17) is 4.55 Å². The molecule has 1 aromatic carbocycles. The van der Waals surface area contributed by atoms with Gasteiger partial charge in [-0.2, -0.15) is 8.42 Å². The highest BCUT2D eigenvalue weighted by atomic mass is 32.2. The molecule has 0 aliphatic carbocycles. The summed E-state index contributed by atoms with van der Waals surface area (Å²) in [5.74, 6) is 0.265. The smallest absolute Gasteiger partial charge is 0.264 e. The van der Waals surface area contributed by atoms with Gasteiger partial charge in [-0.3, -0.25) is 4.55 Å². The second kappa shape index (κ2) is 14.2. The van der Waals surface area contributed by atoms with E-state index in [1.54, 1.807) is 0 Å². The molecule has 0 heterocycles. The van der Waals surface area contributed by atoms with E-state index < -0.39 is 10.1 Å². The third-order valence-corrected chi connectivity index (χ3v) is 5.94. The zero-order valence-electron chi connectivity index (χ0n) is 16.5. The Hall–Kier alpha value is -0.870. The maximum absolute atomic E-state index is 10.9. The van der Waals surface area contributed by atoms with Crippen LogP contribution in [-0.4, -0.2) is 18.7 Å². The van der Waals surface area contributed by atoms with Crippen LogP contribution in [0.3, 0.4) is 0 Å². The number of hydrogen-bond acceptors (Lipinski definition) is 2. The summed E-state index contributed by atoms with van der Waals surface area (Å²) in [4.78, 5) is 0. The van der Waals surface area contributed by atoms with Crippen LogP contribution in [0.15, 0.2) is 30.3 Å². The van der Waals surface area contributed by atoms with Gasteiger partial charge in [-0.15, -0.1) is 0 Å². The zero-order chi connectivity index (χ0) is 19.1. The minimum atomic E-state index is -3.85. The largest absolute Gasteiger partial charge is 0.286 e. The standard InChI is InChI=1S/C22H38O3S/c1-2-3-4-5-6-7-8-9-10-12-16-22(19-15-20-26(23,24)25)21-17-13-11-14-18-21/h11,13-14,17-18,22H,2-10,12,15-16,19-20H2,1H3,(H,23,24,25). The van der Waals surface area contributed by atoms with Crippen molar-refractivity contribution in [2.24, 2.45) is 0 Å². The Labute approximate surface area is 161 Å². The van der Waals surface area contributed by atoms with Gasteiger partial charge in [0.1, 0.15) is 0 Å². The second-order valence-electron chi connectivity index (χ2n) is 7.51. The number of hydrogen-bond donors (Lipinski definition) is 1. The minimum Gasteiger partial charge on any atom is -0.286 e. The molecule has 0 saturated heterocycles. The predicted molar refractivity (Wildman–Crippen MR) is 111 cm³/mol. The van der Waals surface area contributed by atoms with E-state index in [1.807, 2.05) is 18.2 Å². The summed E-state index contributed by atoms with van der Waals surface area (Å²) in [6.07, 6.45) is 15.7. The lowest BCUT2D eigenvalue weighted by atomic mass is 9.89. The van der Waals surface area contributed by atoms with Gasteiger partial charge in [-0.05, 0) is 30.7 Å². The van der Waals surface area contributed by atoms with Gasteiger partial charge >= 0.3 is 0 Å². The number of unbranched alkanes of at least 4 members (excludes halogenated alkanes) is 9. The van der Waals surface area contributed by atoms with Gasteiger partial charge in [-0.25, -0.2) is 0 Å². The van der Waals surface area contributed by atoms with Crippen LogP contribution in [-0.2, 0) is 10.1 Å². The Morgan fingerprint density at radius 2 is 1.27 bits per heavy atom. The Balaban J connectivity index is 2.22. The Morgan fingerprint density at radius 3 is 1.81 bits per heavy atom. The molecular weight excluding hydrogens is 344 g/mol. The molecule has 0 saturated carbocycles. The molecule has 0 aliphatic heterocycles. The lowest BCUT2D eigenvalue weighted by Gasteiger charge is -2.17. The lowest BCUT2D eigenvalue weighted by Crippen LogP contribution is -2.07. The van der Waals surface area contributed by atoms with Gasteiger partial charge in [0, 0.05) is 0 Å². The van der Waals surface area contributed by atoms with E-state index in [2.05, 4.69) is 19.1 Å². The molecule has 4 heteroatoms. The fraction of sp³-hybridized carbons (Fsp3) is 0.727. The molecule has 1 unspecified atom stereocenters. The fourth-order valence-electron chi connectivity index (χ4n) is 3.59. The first-order chi connectivity index (χ1) is 12.5. The van der Waals surface area contributed by atoms with Gasteiger partial charge in [0.05, 0.1) is 5.75 Å². The molecule has 1 N–H and O–H groups in total. The highest BCUT2D eigenvalue weighted by Crippen LogP contribution is 2.27. The number of rotatable bonds is 16. The Kier molecular flexibility index (Phi) is 12.7. The van der Waals surface area contributed by atoms with E-state index in [1.165, 1.54) is 69.8 Å². The molecule has 0 radical (unpaired) electrons. The molecule has 0 bridgehead atoms. The van der Waals surface area contributed by atoms with Crippen LogP contribution in [0.2, 0.25) is 0 Å². The lowest BCUT2D eigenvalue weighted by molar-refractivity contribution is 0.471. The molecule has 0 spiro atoms. The molecule has 26 heavy (non-hydrogen) atoms. The van der Waals surface area contributed by atoms with Crippen LogP contribution in [0.5, 0.6) is 0 Å². The van der Waals surface area contributed by atoms with Gasteiger partial charge in [0.2, 0.25) is 0 Å². The summed E-state index contributed by atoms with van der Waals surface area (Å²) < 4.78 is 30.8. The molecule has 1 rings (SSSR count). The monoisotopic (exact) mass is 382 g/mol. The molecular formula is C22H38O3S. The summed E-state index contributed by atoms with van der Waals surface area (Å²) >= 11 is 0. The first-order valence-corrected chi connectivity index (χ1v) is 12.1. The first-order valence-electron chi connectivity index (χ1n) is 10.5. The maximum Gasteiger partial charge on any atom is 0.264 e. The second-order valence-corrected chi connectivity index (χ2v) is 9.08. The van der Waals surface area contributed by atoms with E-state index in [0.717, 1.165) is 12.8 Å². The number of benzene rings is 1. The highest BCUT2D eigenvalue weighted by molar-refractivity contribution is 7.85. The van der Waals surface area contributed by atoms with Crippen molar-refractivity contribution in [1.29, 1.82) is 0 Å². The van der Waals surface area contributed by atoms with Crippen molar-refractivity contribution in [3.63, 3.8) is 0 Å². The summed E-state index contributed by atoms with van der Waals surface area (Å²) in [6.45, 7) is 2.26.